The molecule has 0 aliphatic rings. The molecule has 1 aromatic heterocycles. The summed E-state index contributed by atoms with van der Waals surface area (Å²) in [7, 11) is 0. The number of nitrogens with zero attached hydrogens (tertiary/aromatic N) is 1. The number of carbonyl (C=O) groups excluding carboxylic acids is 4. The van der Waals surface area contributed by atoms with Crippen LogP contribution in [0, 0.1) is 12.8 Å². The summed E-state index contributed by atoms with van der Waals surface area (Å²) in [6, 6.07) is 21.7. The molecule has 4 atom stereocenters. The third-order valence-electron chi connectivity index (χ3n) is 8.26. The predicted molar refractivity (Wildman–Crippen MR) is 184 cm³/mol. The van der Waals surface area contributed by atoms with Gasteiger partial charge in [0, 0.05) is 24.2 Å². The Morgan fingerprint density at radius 1 is 0.723 bits per heavy atom. The van der Waals surface area contributed by atoms with Crippen LogP contribution in [-0.2, 0) is 25.6 Å². The summed E-state index contributed by atoms with van der Waals surface area (Å²) in [6.45, 7) is 7.83. The van der Waals surface area contributed by atoms with E-state index in [0.29, 0.717) is 37.9 Å². The van der Waals surface area contributed by atoms with Gasteiger partial charge in [-0.1, -0.05) is 93.9 Å². The smallest absolute Gasteiger partial charge is 0.243 e. The van der Waals surface area contributed by atoms with Gasteiger partial charge in [0.15, 0.2) is 0 Å². The minimum absolute atomic E-state index is 0.165. The molecule has 0 spiro atoms. The summed E-state index contributed by atoms with van der Waals surface area (Å²) in [5, 5.41) is 11.8. The third-order valence-corrected chi connectivity index (χ3v) is 8.26. The largest absolute Gasteiger partial charge is 0.344 e. The summed E-state index contributed by atoms with van der Waals surface area (Å²) in [4.78, 5) is 58.4. The number of benzene rings is 2. The fourth-order valence-electron chi connectivity index (χ4n) is 5.30. The van der Waals surface area contributed by atoms with Gasteiger partial charge in [0.05, 0.1) is 6.04 Å². The van der Waals surface area contributed by atoms with Crippen molar-refractivity contribution in [1.82, 2.24) is 26.3 Å². The van der Waals surface area contributed by atoms with Crippen molar-refractivity contribution in [3.63, 3.8) is 0 Å². The van der Waals surface area contributed by atoms with Gasteiger partial charge >= 0.3 is 0 Å². The van der Waals surface area contributed by atoms with Gasteiger partial charge in [0.2, 0.25) is 23.6 Å². The highest BCUT2D eigenvalue weighted by molar-refractivity contribution is 5.94. The van der Waals surface area contributed by atoms with Crippen LogP contribution in [0.5, 0.6) is 0 Å². The second-order valence-corrected chi connectivity index (χ2v) is 11.9. The fourth-order valence-corrected chi connectivity index (χ4v) is 5.30. The minimum Gasteiger partial charge on any atom is -0.344 e. The molecule has 47 heavy (non-hydrogen) atoms. The SMILES string of the molecule is CCC(=O)N[C@@H](Cc1cccc(C)n1)C(=O)N[C@H](C(=O)N[C@@H](CCCCN)C(=O)NC(c1ccccc1)c1ccccc1)[C@@H](C)CC. The Kier molecular flexibility index (Phi) is 15.1. The number of carbonyl (C=O) groups is 4. The number of nitrogens with two attached hydrogens (primary N) is 1. The van der Waals surface area contributed by atoms with E-state index in [1.54, 1.807) is 13.0 Å². The van der Waals surface area contributed by atoms with Crippen LogP contribution in [0.4, 0.5) is 0 Å². The lowest BCUT2D eigenvalue weighted by Gasteiger charge is -2.29. The van der Waals surface area contributed by atoms with E-state index in [1.807, 2.05) is 93.6 Å². The van der Waals surface area contributed by atoms with Crippen LogP contribution in [0.25, 0.3) is 0 Å². The highest BCUT2D eigenvalue weighted by Gasteiger charge is 2.33. The van der Waals surface area contributed by atoms with Crippen LogP contribution in [0.15, 0.2) is 78.9 Å². The number of rotatable bonds is 18. The van der Waals surface area contributed by atoms with E-state index in [4.69, 9.17) is 5.73 Å². The van der Waals surface area contributed by atoms with Gasteiger partial charge in [-0.25, -0.2) is 0 Å². The molecule has 0 saturated carbocycles. The number of hydrogen-bond acceptors (Lipinski definition) is 6. The quantitative estimate of drug-likeness (QED) is 0.133. The van der Waals surface area contributed by atoms with Gasteiger partial charge in [-0.15, -0.1) is 0 Å². The summed E-state index contributed by atoms with van der Waals surface area (Å²) >= 11 is 0. The van der Waals surface area contributed by atoms with Crippen LogP contribution >= 0.6 is 0 Å². The van der Waals surface area contributed by atoms with Gasteiger partial charge in [0.1, 0.15) is 18.1 Å². The zero-order valence-electron chi connectivity index (χ0n) is 28.0. The Morgan fingerprint density at radius 3 is 1.89 bits per heavy atom. The summed E-state index contributed by atoms with van der Waals surface area (Å²) in [6.07, 6.45) is 2.66. The van der Waals surface area contributed by atoms with Crippen LogP contribution in [0.1, 0.15) is 81.4 Å². The average Bonchev–Trinajstić information content (AvgIpc) is 3.08. The van der Waals surface area contributed by atoms with Crippen molar-refractivity contribution in [2.75, 3.05) is 6.54 Å². The second-order valence-electron chi connectivity index (χ2n) is 11.9. The van der Waals surface area contributed by atoms with Crippen molar-refractivity contribution >= 4 is 23.6 Å². The van der Waals surface area contributed by atoms with Gasteiger partial charge in [-0.3, -0.25) is 24.2 Å². The lowest BCUT2D eigenvalue weighted by atomic mass is 9.96. The molecule has 0 unspecified atom stereocenters. The maximum atomic E-state index is 13.9. The van der Waals surface area contributed by atoms with Crippen molar-refractivity contribution in [1.29, 1.82) is 0 Å². The van der Waals surface area contributed by atoms with E-state index >= 15 is 0 Å². The van der Waals surface area contributed by atoms with Gasteiger partial charge < -0.3 is 27.0 Å². The molecule has 6 N–H and O–H groups in total. The standard InChI is InChI=1S/C37H50N6O4/c1-5-25(3)33(42-36(46)31(40-32(44)6-2)24-29-21-15-16-26(4)39-29)37(47)41-30(22-13-14-23-38)35(45)43-34(27-17-9-7-10-18-27)28-19-11-8-12-20-28/h7-12,15-21,25,30-31,33-34H,5-6,13-14,22-24,38H2,1-4H3,(H,40,44)(H,41,47)(H,42,46)(H,43,45)/t25-,30-,31-,33-/m0/s1. The summed E-state index contributed by atoms with van der Waals surface area (Å²) in [5.74, 6) is -1.84. The molecule has 252 valence electrons. The highest BCUT2D eigenvalue weighted by atomic mass is 16.2. The van der Waals surface area contributed by atoms with Crippen molar-refractivity contribution < 1.29 is 19.2 Å². The molecule has 0 fully saturated rings. The molecule has 0 aliphatic heterocycles. The molecule has 0 aliphatic carbocycles. The normalized spacial score (nSPS) is 13.6. The Balaban J connectivity index is 1.84. The topological polar surface area (TPSA) is 155 Å². The number of unbranched alkanes of at least 4 members (excludes halogenated alkanes) is 1. The molecule has 0 bridgehead atoms. The molecule has 4 amide bonds. The molecule has 1 heterocycles. The van der Waals surface area contributed by atoms with Gasteiger partial charge in [-0.2, -0.15) is 0 Å². The van der Waals surface area contributed by atoms with Crippen LogP contribution in [0.3, 0.4) is 0 Å². The van der Waals surface area contributed by atoms with E-state index in [2.05, 4.69) is 26.3 Å². The third kappa shape index (κ3) is 11.6. The van der Waals surface area contributed by atoms with Gasteiger partial charge in [0.25, 0.3) is 0 Å². The molecular weight excluding hydrogens is 592 g/mol. The van der Waals surface area contributed by atoms with Crippen molar-refractivity contribution in [2.45, 2.75) is 90.4 Å². The lowest BCUT2D eigenvalue weighted by Crippen LogP contribution is -2.59. The molecule has 10 nitrogen and oxygen atoms in total. The minimum atomic E-state index is -0.942. The van der Waals surface area contributed by atoms with E-state index in [1.165, 1.54) is 0 Å². The number of hydrogen-bond donors (Lipinski definition) is 5. The molecule has 10 heteroatoms. The number of aryl methyl sites for hydroxylation is 1. The fraction of sp³-hybridized carbons (Fsp3) is 0.432. The molecule has 2 aromatic carbocycles. The number of nitrogens with one attached hydrogen (secondary N) is 4. The van der Waals surface area contributed by atoms with E-state index in [9.17, 15) is 19.2 Å². The first-order valence-electron chi connectivity index (χ1n) is 16.6. The van der Waals surface area contributed by atoms with E-state index in [-0.39, 0.29) is 30.6 Å². The summed E-state index contributed by atoms with van der Waals surface area (Å²) in [5.41, 5.74) is 9.01. The monoisotopic (exact) mass is 642 g/mol. The maximum absolute atomic E-state index is 13.9. The van der Waals surface area contributed by atoms with E-state index < -0.39 is 36.0 Å². The number of amides is 4. The first-order valence-corrected chi connectivity index (χ1v) is 16.6. The predicted octanol–water partition coefficient (Wildman–Crippen LogP) is 3.88. The Labute approximate surface area is 278 Å². The zero-order valence-corrected chi connectivity index (χ0v) is 28.0. The number of pyridine rings is 1. The first kappa shape index (κ1) is 36.9. The summed E-state index contributed by atoms with van der Waals surface area (Å²) < 4.78 is 0. The maximum Gasteiger partial charge on any atom is 0.243 e. The Hall–Kier alpha value is -4.57. The Morgan fingerprint density at radius 2 is 1.34 bits per heavy atom. The van der Waals surface area contributed by atoms with Crippen LogP contribution in [-0.4, -0.2) is 53.3 Å². The molecule has 0 radical (unpaired) electrons. The zero-order chi connectivity index (χ0) is 34.2. The molecule has 3 aromatic rings. The van der Waals surface area contributed by atoms with Crippen LogP contribution < -0.4 is 27.0 Å². The van der Waals surface area contributed by atoms with Crippen molar-refractivity contribution in [3.8, 4) is 0 Å². The average molecular weight is 643 g/mol. The lowest BCUT2D eigenvalue weighted by molar-refractivity contribution is -0.134. The highest BCUT2D eigenvalue weighted by Crippen LogP contribution is 2.22. The molecular formula is C37H50N6O4. The van der Waals surface area contributed by atoms with Crippen molar-refractivity contribution in [3.05, 3.63) is 101 Å². The second kappa shape index (κ2) is 19.2. The number of aromatic nitrogens is 1. The Bertz CT molecular complexity index is 1400. The van der Waals surface area contributed by atoms with Crippen molar-refractivity contribution in [2.24, 2.45) is 11.7 Å². The molecule has 0 saturated heterocycles. The first-order chi connectivity index (χ1) is 22.7. The van der Waals surface area contributed by atoms with Crippen LogP contribution in [0.2, 0.25) is 0 Å². The van der Waals surface area contributed by atoms with E-state index in [0.717, 1.165) is 16.8 Å². The molecule has 3 rings (SSSR count). The van der Waals surface area contributed by atoms with Gasteiger partial charge in [-0.05, 0) is 61.9 Å².